The lowest BCUT2D eigenvalue weighted by Crippen LogP contribution is -2.24. The molecule has 1 N–H and O–H groups in total. The molecule has 0 aromatic heterocycles. The van der Waals surface area contributed by atoms with Crippen LogP contribution in [0, 0.1) is 0 Å². The Morgan fingerprint density at radius 2 is 2.00 bits per heavy atom. The number of aliphatic hydroxyl groups is 1. The summed E-state index contributed by atoms with van der Waals surface area (Å²) in [6, 6.07) is 9.39. The van der Waals surface area contributed by atoms with Crippen LogP contribution in [0.5, 0.6) is 0 Å². The van der Waals surface area contributed by atoms with Crippen LogP contribution in [0.3, 0.4) is 0 Å². The number of aliphatic hydroxyl groups excluding tert-OH is 1. The van der Waals surface area contributed by atoms with Crippen molar-refractivity contribution in [2.24, 2.45) is 0 Å². The predicted molar refractivity (Wildman–Crippen MR) is 56.1 cm³/mol. The van der Waals surface area contributed by atoms with E-state index in [1.807, 2.05) is 30.3 Å². The number of hydrogen-bond acceptors (Lipinski definition) is 2. The molecule has 0 unspecified atom stereocenters. The fourth-order valence-corrected chi connectivity index (χ4v) is 1.38. The Hall–Kier alpha value is -1.41. The van der Waals surface area contributed by atoms with E-state index in [1.54, 1.807) is 6.08 Å². The van der Waals surface area contributed by atoms with Crippen LogP contribution in [0.2, 0.25) is 0 Å². The second-order valence-corrected chi connectivity index (χ2v) is 3.23. The van der Waals surface area contributed by atoms with Crippen molar-refractivity contribution in [3.8, 4) is 0 Å². The van der Waals surface area contributed by atoms with Crippen LogP contribution in [-0.4, -0.2) is 17.0 Å². The van der Waals surface area contributed by atoms with Crippen molar-refractivity contribution in [3.05, 3.63) is 48.6 Å². The topological polar surface area (TPSA) is 37.3 Å². The number of hydrogen-bond donors (Lipinski definition) is 1. The summed E-state index contributed by atoms with van der Waals surface area (Å²) in [5, 5.41) is 9.62. The number of carbonyl (C=O) groups is 1. The van der Waals surface area contributed by atoms with Gasteiger partial charge in [0.25, 0.3) is 0 Å². The Labute approximate surface area is 83.9 Å². The smallest absolute Gasteiger partial charge is 0.159 e. The van der Waals surface area contributed by atoms with Gasteiger partial charge in [-0.05, 0) is 12.5 Å². The van der Waals surface area contributed by atoms with E-state index in [1.165, 1.54) is 6.92 Å². The Bertz CT molecular complexity index is 316. The van der Waals surface area contributed by atoms with Gasteiger partial charge in [0.1, 0.15) is 6.10 Å². The van der Waals surface area contributed by atoms with Gasteiger partial charge in [-0.2, -0.15) is 0 Å². The Morgan fingerprint density at radius 1 is 1.43 bits per heavy atom. The average molecular weight is 190 g/mol. The van der Waals surface area contributed by atoms with E-state index in [9.17, 15) is 9.90 Å². The van der Waals surface area contributed by atoms with Gasteiger partial charge in [-0.1, -0.05) is 36.4 Å². The molecule has 0 amide bonds. The number of benzene rings is 1. The molecule has 74 valence electrons. The molecule has 0 fully saturated rings. The normalized spacial score (nSPS) is 14.4. The van der Waals surface area contributed by atoms with Gasteiger partial charge in [-0.15, -0.1) is 6.58 Å². The minimum Gasteiger partial charge on any atom is -0.384 e. The molecule has 0 saturated heterocycles. The highest BCUT2D eigenvalue weighted by atomic mass is 16.3. The molecule has 0 aliphatic heterocycles. The molecule has 14 heavy (non-hydrogen) atoms. The zero-order valence-electron chi connectivity index (χ0n) is 8.18. The van der Waals surface area contributed by atoms with E-state index in [2.05, 4.69) is 6.58 Å². The van der Waals surface area contributed by atoms with Gasteiger partial charge in [0.05, 0.1) is 0 Å². The first-order valence-corrected chi connectivity index (χ1v) is 4.53. The molecule has 0 aliphatic carbocycles. The maximum absolute atomic E-state index is 11.0. The van der Waals surface area contributed by atoms with Gasteiger partial charge in [0.15, 0.2) is 5.78 Å². The zero-order chi connectivity index (χ0) is 10.6. The highest BCUT2D eigenvalue weighted by Crippen LogP contribution is 2.21. The predicted octanol–water partition coefficient (Wildman–Crippen LogP) is 1.91. The maximum atomic E-state index is 11.0. The largest absolute Gasteiger partial charge is 0.384 e. The van der Waals surface area contributed by atoms with E-state index in [0.29, 0.717) is 0 Å². The van der Waals surface area contributed by atoms with Crippen molar-refractivity contribution >= 4 is 5.78 Å². The lowest BCUT2D eigenvalue weighted by atomic mass is 9.92. The molecule has 2 atom stereocenters. The fraction of sp³-hybridized carbons (Fsp3) is 0.250. The summed E-state index contributed by atoms with van der Waals surface area (Å²) in [4.78, 5) is 11.0. The van der Waals surface area contributed by atoms with Gasteiger partial charge < -0.3 is 5.11 Å². The first-order chi connectivity index (χ1) is 6.66. The SMILES string of the molecule is C=C[C@H](c1ccccc1)[C@@H](O)C(C)=O. The van der Waals surface area contributed by atoms with Crippen molar-refractivity contribution < 1.29 is 9.90 Å². The van der Waals surface area contributed by atoms with Crippen LogP contribution >= 0.6 is 0 Å². The Balaban J connectivity index is 2.93. The van der Waals surface area contributed by atoms with Crippen LogP contribution in [-0.2, 0) is 4.79 Å². The fourth-order valence-electron chi connectivity index (χ4n) is 1.38. The van der Waals surface area contributed by atoms with Crippen molar-refractivity contribution in [3.63, 3.8) is 0 Å². The van der Waals surface area contributed by atoms with Gasteiger partial charge in [-0.25, -0.2) is 0 Å². The number of Topliss-reactive ketones (excluding diaryl/α,β-unsaturated/α-hetero) is 1. The van der Waals surface area contributed by atoms with Crippen LogP contribution < -0.4 is 0 Å². The molecule has 1 rings (SSSR count). The van der Waals surface area contributed by atoms with Crippen LogP contribution in [0.15, 0.2) is 43.0 Å². The van der Waals surface area contributed by atoms with Crippen LogP contribution in [0.1, 0.15) is 18.4 Å². The minimum absolute atomic E-state index is 0.237. The van der Waals surface area contributed by atoms with Gasteiger partial charge in [0, 0.05) is 5.92 Å². The van der Waals surface area contributed by atoms with Gasteiger partial charge in [-0.3, -0.25) is 4.79 Å². The summed E-state index contributed by atoms with van der Waals surface area (Å²) < 4.78 is 0. The second kappa shape index (κ2) is 4.72. The Kier molecular flexibility index (Phi) is 3.60. The molecule has 1 aromatic rings. The highest BCUT2D eigenvalue weighted by molar-refractivity contribution is 5.81. The standard InChI is InChI=1S/C12H14O2/c1-3-11(12(14)9(2)13)10-7-5-4-6-8-10/h3-8,11-12,14H,1H2,2H3/t11-,12+/m1/s1. The number of carbonyl (C=O) groups excluding carboxylic acids is 1. The maximum Gasteiger partial charge on any atom is 0.159 e. The molecule has 1 aromatic carbocycles. The lowest BCUT2D eigenvalue weighted by molar-refractivity contribution is -0.125. The van der Waals surface area contributed by atoms with E-state index in [4.69, 9.17) is 0 Å². The van der Waals surface area contributed by atoms with Gasteiger partial charge >= 0.3 is 0 Å². The first-order valence-electron chi connectivity index (χ1n) is 4.53. The minimum atomic E-state index is -0.991. The molecule has 0 aliphatic rings. The summed E-state index contributed by atoms with van der Waals surface area (Å²) in [7, 11) is 0. The van der Waals surface area contributed by atoms with E-state index >= 15 is 0 Å². The van der Waals surface area contributed by atoms with Crippen molar-refractivity contribution in [2.45, 2.75) is 18.9 Å². The van der Waals surface area contributed by atoms with E-state index < -0.39 is 6.10 Å². The summed E-state index contributed by atoms with van der Waals surface area (Å²) >= 11 is 0. The Morgan fingerprint density at radius 3 is 2.43 bits per heavy atom. The molecule has 0 spiro atoms. The molecular formula is C12H14O2. The lowest BCUT2D eigenvalue weighted by Gasteiger charge is -2.17. The molecule has 0 saturated carbocycles. The van der Waals surface area contributed by atoms with E-state index in [-0.39, 0.29) is 11.7 Å². The quantitative estimate of drug-likeness (QED) is 0.736. The third-order valence-corrected chi connectivity index (χ3v) is 2.20. The van der Waals surface area contributed by atoms with Gasteiger partial charge in [0.2, 0.25) is 0 Å². The summed E-state index contributed by atoms with van der Waals surface area (Å²) in [5.41, 5.74) is 0.908. The molecule has 0 bridgehead atoms. The summed E-state index contributed by atoms with van der Waals surface area (Å²) in [6.45, 7) is 5.01. The first kappa shape index (κ1) is 10.7. The second-order valence-electron chi connectivity index (χ2n) is 3.23. The molecule has 0 heterocycles. The van der Waals surface area contributed by atoms with Crippen LogP contribution in [0.4, 0.5) is 0 Å². The number of ketones is 1. The molecule has 2 nitrogen and oxygen atoms in total. The summed E-state index contributed by atoms with van der Waals surface area (Å²) in [5.74, 6) is -0.549. The highest BCUT2D eigenvalue weighted by Gasteiger charge is 2.21. The van der Waals surface area contributed by atoms with Crippen LogP contribution in [0.25, 0.3) is 0 Å². The van der Waals surface area contributed by atoms with Crippen molar-refractivity contribution in [1.29, 1.82) is 0 Å². The number of rotatable bonds is 4. The van der Waals surface area contributed by atoms with Crippen molar-refractivity contribution in [1.82, 2.24) is 0 Å². The monoisotopic (exact) mass is 190 g/mol. The molecular weight excluding hydrogens is 176 g/mol. The summed E-state index contributed by atoms with van der Waals surface area (Å²) in [6.07, 6.45) is 0.608. The zero-order valence-corrected chi connectivity index (χ0v) is 8.18. The third-order valence-electron chi connectivity index (χ3n) is 2.20. The third kappa shape index (κ3) is 2.30. The molecule has 0 radical (unpaired) electrons. The molecule has 2 heteroatoms. The van der Waals surface area contributed by atoms with Crippen molar-refractivity contribution in [2.75, 3.05) is 0 Å². The van der Waals surface area contributed by atoms with E-state index in [0.717, 1.165) is 5.56 Å². The average Bonchev–Trinajstić information content (AvgIpc) is 2.20.